The molecule has 2 rings (SSSR count). The SMILES string of the molecule is CCSC1CCCC1NC(=O)C(CN)c1ccccc1. The molecule has 3 unspecified atom stereocenters. The average molecular weight is 292 g/mol. The molecule has 1 aromatic rings. The largest absolute Gasteiger partial charge is 0.352 e. The first-order valence-electron chi connectivity index (χ1n) is 7.43. The lowest BCUT2D eigenvalue weighted by molar-refractivity contribution is -0.123. The number of hydrogen-bond acceptors (Lipinski definition) is 3. The fraction of sp³-hybridized carbons (Fsp3) is 0.562. The zero-order valence-corrected chi connectivity index (χ0v) is 12.9. The summed E-state index contributed by atoms with van der Waals surface area (Å²) in [5.74, 6) is 0.951. The molecule has 110 valence electrons. The minimum absolute atomic E-state index is 0.0762. The third-order valence-corrected chi connectivity index (χ3v) is 5.24. The van der Waals surface area contributed by atoms with Crippen molar-refractivity contribution in [1.29, 1.82) is 0 Å². The third-order valence-electron chi connectivity index (χ3n) is 3.92. The Balaban J connectivity index is 1.99. The highest BCUT2D eigenvalue weighted by molar-refractivity contribution is 7.99. The van der Waals surface area contributed by atoms with Crippen LogP contribution >= 0.6 is 11.8 Å². The molecule has 0 aromatic heterocycles. The van der Waals surface area contributed by atoms with Gasteiger partial charge in [-0.2, -0.15) is 11.8 Å². The van der Waals surface area contributed by atoms with Gasteiger partial charge in [-0.05, 0) is 24.2 Å². The number of nitrogens with one attached hydrogen (secondary N) is 1. The normalized spacial score (nSPS) is 23.5. The fourth-order valence-electron chi connectivity index (χ4n) is 2.87. The predicted molar refractivity (Wildman–Crippen MR) is 85.9 cm³/mol. The van der Waals surface area contributed by atoms with E-state index < -0.39 is 0 Å². The molecule has 0 radical (unpaired) electrons. The number of rotatable bonds is 6. The van der Waals surface area contributed by atoms with Crippen LogP contribution in [0, 0.1) is 0 Å². The van der Waals surface area contributed by atoms with Crippen LogP contribution in [0.25, 0.3) is 0 Å². The summed E-state index contributed by atoms with van der Waals surface area (Å²) in [7, 11) is 0. The summed E-state index contributed by atoms with van der Waals surface area (Å²) in [5.41, 5.74) is 6.81. The van der Waals surface area contributed by atoms with Crippen LogP contribution < -0.4 is 11.1 Å². The Hall–Kier alpha value is -1.00. The molecular formula is C16H24N2OS. The molecule has 1 amide bonds. The third kappa shape index (κ3) is 3.76. The summed E-state index contributed by atoms with van der Waals surface area (Å²) in [5, 5.41) is 3.79. The van der Waals surface area contributed by atoms with E-state index in [0.717, 1.165) is 17.7 Å². The first kappa shape index (κ1) is 15.4. The van der Waals surface area contributed by atoms with Crippen LogP contribution in [0.15, 0.2) is 30.3 Å². The van der Waals surface area contributed by atoms with Crippen molar-refractivity contribution in [2.75, 3.05) is 12.3 Å². The molecule has 3 N–H and O–H groups in total. The molecular weight excluding hydrogens is 268 g/mol. The van der Waals surface area contributed by atoms with Crippen LogP contribution in [0.1, 0.15) is 37.7 Å². The van der Waals surface area contributed by atoms with Crippen LogP contribution in [-0.4, -0.2) is 29.5 Å². The van der Waals surface area contributed by atoms with Gasteiger partial charge in [0, 0.05) is 17.8 Å². The number of thioether (sulfide) groups is 1. The van der Waals surface area contributed by atoms with E-state index in [9.17, 15) is 4.79 Å². The maximum Gasteiger partial charge on any atom is 0.229 e. The molecule has 0 spiro atoms. The molecule has 1 aliphatic rings. The van der Waals surface area contributed by atoms with E-state index in [1.165, 1.54) is 12.8 Å². The molecule has 1 saturated carbocycles. The first-order chi connectivity index (χ1) is 9.76. The number of benzene rings is 1. The van der Waals surface area contributed by atoms with Gasteiger partial charge >= 0.3 is 0 Å². The van der Waals surface area contributed by atoms with Crippen molar-refractivity contribution in [3.8, 4) is 0 Å². The Bertz CT molecular complexity index is 424. The standard InChI is InChI=1S/C16H24N2OS/c1-2-20-15-10-6-9-14(15)18-16(19)13(11-17)12-7-4-3-5-8-12/h3-5,7-8,13-15H,2,6,9-11,17H2,1H3,(H,18,19). The average Bonchev–Trinajstić information content (AvgIpc) is 2.88. The maximum absolute atomic E-state index is 12.5. The maximum atomic E-state index is 12.5. The summed E-state index contributed by atoms with van der Waals surface area (Å²) in [4.78, 5) is 12.5. The Morgan fingerprint density at radius 3 is 2.80 bits per heavy atom. The van der Waals surface area contributed by atoms with Gasteiger partial charge in [0.2, 0.25) is 5.91 Å². The summed E-state index contributed by atoms with van der Waals surface area (Å²) in [6.45, 7) is 2.53. The highest BCUT2D eigenvalue weighted by Gasteiger charge is 2.30. The number of carbonyl (C=O) groups excluding carboxylic acids is 1. The van der Waals surface area contributed by atoms with Gasteiger partial charge in [-0.1, -0.05) is 43.7 Å². The first-order valence-corrected chi connectivity index (χ1v) is 8.48. The molecule has 1 aliphatic carbocycles. The molecule has 0 bridgehead atoms. The molecule has 0 heterocycles. The van der Waals surface area contributed by atoms with E-state index in [-0.39, 0.29) is 11.8 Å². The molecule has 20 heavy (non-hydrogen) atoms. The summed E-state index contributed by atoms with van der Waals surface area (Å²) < 4.78 is 0. The second-order valence-electron chi connectivity index (χ2n) is 5.24. The number of carbonyl (C=O) groups is 1. The van der Waals surface area contributed by atoms with Gasteiger partial charge in [0.05, 0.1) is 5.92 Å². The van der Waals surface area contributed by atoms with Gasteiger partial charge < -0.3 is 11.1 Å². The highest BCUT2D eigenvalue weighted by atomic mass is 32.2. The fourth-order valence-corrected chi connectivity index (χ4v) is 4.07. The number of hydrogen-bond donors (Lipinski definition) is 2. The highest BCUT2D eigenvalue weighted by Crippen LogP contribution is 2.30. The quantitative estimate of drug-likeness (QED) is 0.847. The molecule has 3 atom stereocenters. The zero-order valence-electron chi connectivity index (χ0n) is 12.0. The van der Waals surface area contributed by atoms with Crippen molar-refractivity contribution >= 4 is 17.7 Å². The van der Waals surface area contributed by atoms with Gasteiger partial charge in [-0.25, -0.2) is 0 Å². The Morgan fingerprint density at radius 2 is 2.15 bits per heavy atom. The minimum Gasteiger partial charge on any atom is -0.352 e. The van der Waals surface area contributed by atoms with Crippen molar-refractivity contribution in [1.82, 2.24) is 5.32 Å². The molecule has 0 saturated heterocycles. The van der Waals surface area contributed by atoms with E-state index in [4.69, 9.17) is 5.73 Å². The lowest BCUT2D eigenvalue weighted by Crippen LogP contribution is -2.43. The molecule has 1 aromatic carbocycles. The van der Waals surface area contributed by atoms with Gasteiger partial charge in [0.25, 0.3) is 0 Å². The Morgan fingerprint density at radius 1 is 1.40 bits per heavy atom. The summed E-state index contributed by atoms with van der Waals surface area (Å²) in [6.07, 6.45) is 3.51. The van der Waals surface area contributed by atoms with E-state index >= 15 is 0 Å². The van der Waals surface area contributed by atoms with E-state index in [0.29, 0.717) is 17.8 Å². The van der Waals surface area contributed by atoms with Gasteiger partial charge in [0.1, 0.15) is 0 Å². The second kappa shape index (κ2) is 7.70. The monoisotopic (exact) mass is 292 g/mol. The smallest absolute Gasteiger partial charge is 0.229 e. The minimum atomic E-state index is -0.232. The topological polar surface area (TPSA) is 55.1 Å². The Labute approximate surface area is 125 Å². The molecule has 1 fully saturated rings. The van der Waals surface area contributed by atoms with Gasteiger partial charge in [0.15, 0.2) is 0 Å². The predicted octanol–water partition coefficient (Wildman–Crippen LogP) is 2.52. The Kier molecular flexibility index (Phi) is 5.92. The van der Waals surface area contributed by atoms with E-state index in [2.05, 4.69) is 12.2 Å². The van der Waals surface area contributed by atoms with E-state index in [1.54, 1.807) is 0 Å². The summed E-state index contributed by atoms with van der Waals surface area (Å²) in [6, 6.07) is 10.1. The van der Waals surface area contributed by atoms with E-state index in [1.807, 2.05) is 42.1 Å². The lowest BCUT2D eigenvalue weighted by atomic mass is 9.98. The zero-order chi connectivity index (χ0) is 14.4. The number of amides is 1. The van der Waals surface area contributed by atoms with Crippen molar-refractivity contribution in [2.24, 2.45) is 5.73 Å². The van der Waals surface area contributed by atoms with Gasteiger partial charge in [-0.3, -0.25) is 4.79 Å². The van der Waals surface area contributed by atoms with Crippen molar-refractivity contribution in [3.63, 3.8) is 0 Å². The van der Waals surface area contributed by atoms with Crippen molar-refractivity contribution in [3.05, 3.63) is 35.9 Å². The van der Waals surface area contributed by atoms with Crippen molar-refractivity contribution in [2.45, 2.75) is 43.4 Å². The van der Waals surface area contributed by atoms with Crippen molar-refractivity contribution < 1.29 is 4.79 Å². The molecule has 3 nitrogen and oxygen atoms in total. The van der Waals surface area contributed by atoms with Crippen LogP contribution in [0.2, 0.25) is 0 Å². The number of nitrogens with two attached hydrogens (primary N) is 1. The second-order valence-corrected chi connectivity index (χ2v) is 6.75. The summed E-state index contributed by atoms with van der Waals surface area (Å²) >= 11 is 1.96. The van der Waals surface area contributed by atoms with Crippen LogP contribution in [0.4, 0.5) is 0 Å². The molecule has 4 heteroatoms. The molecule has 0 aliphatic heterocycles. The van der Waals surface area contributed by atoms with Crippen LogP contribution in [0.5, 0.6) is 0 Å². The van der Waals surface area contributed by atoms with Crippen LogP contribution in [-0.2, 0) is 4.79 Å². The van der Waals surface area contributed by atoms with Gasteiger partial charge in [-0.15, -0.1) is 0 Å². The van der Waals surface area contributed by atoms with Crippen LogP contribution in [0.3, 0.4) is 0 Å². The lowest BCUT2D eigenvalue weighted by Gasteiger charge is -2.23.